The van der Waals surface area contributed by atoms with Gasteiger partial charge in [0.15, 0.2) is 0 Å². The number of aliphatic hydroxyl groups is 1. The van der Waals surface area contributed by atoms with E-state index < -0.39 is 4.92 Å². The Kier molecular flexibility index (Phi) is 2.84. The van der Waals surface area contributed by atoms with E-state index in [0.717, 1.165) is 0 Å². The molecular weight excluding hydrogens is 240 g/mol. The van der Waals surface area contributed by atoms with Crippen LogP contribution in [0.25, 0.3) is 0 Å². The standard InChI is InChI=1S/C7H7BrN2O3/c8-5-1-4(3-11)7(9)6(2-5)10(12)13/h1-2,11H,3,9H2. The van der Waals surface area contributed by atoms with Gasteiger partial charge in [-0.05, 0) is 6.07 Å². The van der Waals surface area contributed by atoms with Gasteiger partial charge in [-0.1, -0.05) is 15.9 Å². The minimum atomic E-state index is -0.584. The van der Waals surface area contributed by atoms with Crippen molar-refractivity contribution >= 4 is 27.3 Å². The molecule has 0 fully saturated rings. The normalized spacial score (nSPS) is 10.0. The molecule has 0 aromatic heterocycles. The molecule has 6 heteroatoms. The van der Waals surface area contributed by atoms with Gasteiger partial charge in [-0.25, -0.2) is 0 Å². The van der Waals surface area contributed by atoms with Gasteiger partial charge in [0.2, 0.25) is 0 Å². The summed E-state index contributed by atoms with van der Waals surface area (Å²) in [6, 6.07) is 2.84. The Hall–Kier alpha value is -1.14. The first-order valence-corrected chi connectivity index (χ1v) is 4.18. The number of rotatable bonds is 2. The highest BCUT2D eigenvalue weighted by atomic mass is 79.9. The van der Waals surface area contributed by atoms with Crippen molar-refractivity contribution < 1.29 is 10.0 Å². The molecule has 0 saturated heterocycles. The van der Waals surface area contributed by atoms with E-state index in [1.165, 1.54) is 6.07 Å². The van der Waals surface area contributed by atoms with E-state index in [0.29, 0.717) is 10.0 Å². The summed E-state index contributed by atoms with van der Waals surface area (Å²) in [5.74, 6) is 0. The van der Waals surface area contributed by atoms with Gasteiger partial charge in [-0.3, -0.25) is 10.1 Å². The zero-order valence-electron chi connectivity index (χ0n) is 6.53. The van der Waals surface area contributed by atoms with Gasteiger partial charge in [0.25, 0.3) is 5.69 Å². The molecule has 0 aliphatic rings. The summed E-state index contributed by atoms with van der Waals surface area (Å²) in [5.41, 5.74) is 5.60. The third-order valence-corrected chi connectivity index (χ3v) is 2.03. The number of halogens is 1. The number of nitro groups is 1. The SMILES string of the molecule is Nc1c(CO)cc(Br)cc1[N+](=O)[O-]. The smallest absolute Gasteiger partial charge is 0.293 e. The van der Waals surface area contributed by atoms with E-state index in [2.05, 4.69) is 15.9 Å². The molecular formula is C7H7BrN2O3. The molecule has 0 amide bonds. The van der Waals surface area contributed by atoms with Crippen LogP contribution < -0.4 is 5.73 Å². The van der Waals surface area contributed by atoms with Crippen LogP contribution in [0.4, 0.5) is 11.4 Å². The first kappa shape index (κ1) is 9.94. The fraction of sp³-hybridized carbons (Fsp3) is 0.143. The Morgan fingerprint density at radius 3 is 2.69 bits per heavy atom. The Morgan fingerprint density at radius 2 is 2.23 bits per heavy atom. The van der Waals surface area contributed by atoms with Gasteiger partial charge in [0.05, 0.1) is 11.5 Å². The molecule has 1 rings (SSSR count). The molecule has 1 aromatic carbocycles. The second-order valence-corrected chi connectivity index (χ2v) is 3.33. The van der Waals surface area contributed by atoms with Crippen LogP contribution in [0, 0.1) is 10.1 Å². The van der Waals surface area contributed by atoms with Crippen molar-refractivity contribution in [3.8, 4) is 0 Å². The van der Waals surface area contributed by atoms with Gasteiger partial charge >= 0.3 is 0 Å². The summed E-state index contributed by atoms with van der Waals surface area (Å²) in [7, 11) is 0. The molecule has 0 heterocycles. The van der Waals surface area contributed by atoms with E-state index >= 15 is 0 Å². The van der Waals surface area contributed by atoms with Crippen LogP contribution in [-0.2, 0) is 6.61 Å². The molecule has 0 radical (unpaired) electrons. The zero-order valence-corrected chi connectivity index (χ0v) is 8.11. The number of aliphatic hydroxyl groups excluding tert-OH is 1. The van der Waals surface area contributed by atoms with Crippen LogP contribution in [0.1, 0.15) is 5.56 Å². The van der Waals surface area contributed by atoms with E-state index in [-0.39, 0.29) is 18.0 Å². The number of benzene rings is 1. The van der Waals surface area contributed by atoms with Crippen molar-refractivity contribution in [3.63, 3.8) is 0 Å². The predicted molar refractivity (Wildman–Crippen MR) is 51.1 cm³/mol. The van der Waals surface area contributed by atoms with Gasteiger partial charge in [-0.2, -0.15) is 0 Å². The van der Waals surface area contributed by atoms with E-state index in [1.54, 1.807) is 6.07 Å². The van der Waals surface area contributed by atoms with Crippen molar-refractivity contribution in [1.82, 2.24) is 0 Å². The Balaban J connectivity index is 3.35. The third kappa shape index (κ3) is 1.96. The van der Waals surface area contributed by atoms with Crippen molar-refractivity contribution in [2.45, 2.75) is 6.61 Å². The summed E-state index contributed by atoms with van der Waals surface area (Å²) < 4.78 is 0.525. The van der Waals surface area contributed by atoms with Crippen LogP contribution in [0.15, 0.2) is 16.6 Å². The van der Waals surface area contributed by atoms with E-state index in [4.69, 9.17) is 10.8 Å². The summed E-state index contributed by atoms with van der Waals surface area (Å²) in [5, 5.41) is 19.3. The average Bonchev–Trinajstić information content (AvgIpc) is 2.08. The lowest BCUT2D eigenvalue weighted by Crippen LogP contribution is -2.00. The Bertz CT molecular complexity index is 354. The lowest BCUT2D eigenvalue weighted by molar-refractivity contribution is -0.384. The zero-order chi connectivity index (χ0) is 10.0. The molecule has 5 nitrogen and oxygen atoms in total. The molecule has 0 spiro atoms. The van der Waals surface area contributed by atoms with Crippen molar-refractivity contribution in [2.24, 2.45) is 0 Å². The number of nitro benzene ring substituents is 1. The molecule has 0 atom stereocenters. The maximum atomic E-state index is 10.5. The van der Waals surface area contributed by atoms with E-state index in [1.807, 2.05) is 0 Å². The summed E-state index contributed by atoms with van der Waals surface area (Å²) in [6.07, 6.45) is 0. The second kappa shape index (κ2) is 3.71. The number of hydrogen-bond acceptors (Lipinski definition) is 4. The minimum absolute atomic E-state index is 0.00991. The molecule has 13 heavy (non-hydrogen) atoms. The highest BCUT2D eigenvalue weighted by Gasteiger charge is 2.15. The number of anilines is 1. The molecule has 1 aromatic rings. The van der Waals surface area contributed by atoms with Crippen LogP contribution in [0.5, 0.6) is 0 Å². The van der Waals surface area contributed by atoms with Crippen LogP contribution in [0.3, 0.4) is 0 Å². The lowest BCUT2D eigenvalue weighted by Gasteiger charge is -2.03. The fourth-order valence-electron chi connectivity index (χ4n) is 0.941. The van der Waals surface area contributed by atoms with Crippen molar-refractivity contribution in [1.29, 1.82) is 0 Å². The maximum Gasteiger partial charge on any atom is 0.293 e. The first-order valence-electron chi connectivity index (χ1n) is 3.39. The molecule has 0 aliphatic heterocycles. The quantitative estimate of drug-likeness (QED) is 0.470. The van der Waals surface area contributed by atoms with Gasteiger partial charge in [-0.15, -0.1) is 0 Å². The fourth-order valence-corrected chi connectivity index (χ4v) is 1.43. The Morgan fingerprint density at radius 1 is 1.62 bits per heavy atom. The minimum Gasteiger partial charge on any atom is -0.393 e. The summed E-state index contributed by atoms with van der Waals surface area (Å²) in [4.78, 5) is 9.88. The molecule has 0 saturated carbocycles. The highest BCUT2D eigenvalue weighted by molar-refractivity contribution is 9.10. The van der Waals surface area contributed by atoms with Crippen LogP contribution >= 0.6 is 15.9 Å². The van der Waals surface area contributed by atoms with E-state index in [9.17, 15) is 10.1 Å². The topological polar surface area (TPSA) is 89.4 Å². The number of nitrogens with two attached hydrogens (primary N) is 1. The second-order valence-electron chi connectivity index (χ2n) is 2.41. The molecule has 0 aliphatic carbocycles. The molecule has 0 unspecified atom stereocenters. The highest BCUT2D eigenvalue weighted by Crippen LogP contribution is 2.29. The maximum absolute atomic E-state index is 10.5. The Labute approximate surface area is 82.5 Å². The van der Waals surface area contributed by atoms with Gasteiger partial charge in [0, 0.05) is 16.1 Å². The monoisotopic (exact) mass is 246 g/mol. The van der Waals surface area contributed by atoms with Gasteiger partial charge < -0.3 is 10.8 Å². The summed E-state index contributed by atoms with van der Waals surface area (Å²) in [6.45, 7) is -0.313. The number of hydrogen-bond donors (Lipinski definition) is 2. The first-order chi connectivity index (χ1) is 6.06. The van der Waals surface area contributed by atoms with Crippen molar-refractivity contribution in [2.75, 3.05) is 5.73 Å². The molecule has 3 N–H and O–H groups in total. The van der Waals surface area contributed by atoms with Crippen LogP contribution in [-0.4, -0.2) is 10.0 Å². The number of nitrogen functional groups attached to an aromatic ring is 1. The molecule has 70 valence electrons. The number of nitrogens with zero attached hydrogens (tertiary/aromatic N) is 1. The summed E-state index contributed by atoms with van der Waals surface area (Å²) >= 11 is 3.09. The van der Waals surface area contributed by atoms with Crippen molar-refractivity contribution in [3.05, 3.63) is 32.3 Å². The van der Waals surface area contributed by atoms with Crippen LogP contribution in [0.2, 0.25) is 0 Å². The predicted octanol–water partition coefficient (Wildman–Crippen LogP) is 1.43. The lowest BCUT2D eigenvalue weighted by atomic mass is 10.1. The third-order valence-electron chi connectivity index (χ3n) is 1.58. The average molecular weight is 247 g/mol. The molecule has 0 bridgehead atoms. The largest absolute Gasteiger partial charge is 0.393 e. The van der Waals surface area contributed by atoms with Gasteiger partial charge in [0.1, 0.15) is 5.69 Å².